The predicted octanol–water partition coefficient (Wildman–Crippen LogP) is 2.14. The number of ether oxygens (including phenoxy) is 1. The Kier molecular flexibility index (Phi) is 6.31. The number of nitrogens with zero attached hydrogens (tertiary/aromatic N) is 6. The van der Waals surface area contributed by atoms with Gasteiger partial charge in [-0.3, -0.25) is 14.5 Å². The van der Waals surface area contributed by atoms with Crippen molar-refractivity contribution in [2.75, 3.05) is 32.8 Å². The Hall–Kier alpha value is -3.83. The van der Waals surface area contributed by atoms with Crippen molar-refractivity contribution in [3.8, 4) is 0 Å². The van der Waals surface area contributed by atoms with Gasteiger partial charge < -0.3 is 19.0 Å². The quantitative estimate of drug-likeness (QED) is 0.425. The van der Waals surface area contributed by atoms with Crippen molar-refractivity contribution in [1.29, 1.82) is 0 Å². The number of aromatic amines is 1. The summed E-state index contributed by atoms with van der Waals surface area (Å²) < 4.78 is 12.9. The van der Waals surface area contributed by atoms with E-state index in [1.54, 1.807) is 21.7 Å². The molecule has 0 saturated carbocycles. The number of pyridine rings is 1. The van der Waals surface area contributed by atoms with Gasteiger partial charge in [0.05, 0.1) is 18.9 Å². The number of hydrogen-bond acceptors (Lipinski definition) is 8. The van der Waals surface area contributed by atoms with E-state index >= 15 is 0 Å². The Morgan fingerprint density at radius 2 is 2.05 bits per heavy atom. The highest BCUT2D eigenvalue weighted by molar-refractivity contribution is 5.91. The number of fused-ring (bicyclic) bond motifs is 1. The number of piperazine rings is 1. The molecule has 11 nitrogen and oxygen atoms in total. The molecule has 0 bridgehead atoms. The molecule has 192 valence electrons. The molecule has 4 aromatic rings. The molecular formula is C26H29N7O4. The fourth-order valence-electron chi connectivity index (χ4n) is 5.30. The van der Waals surface area contributed by atoms with Crippen LogP contribution < -0.4 is 5.56 Å². The maximum absolute atomic E-state index is 13.4. The summed E-state index contributed by atoms with van der Waals surface area (Å²) in [5.74, 6) is 0.786. The molecule has 5 heterocycles. The first-order valence-electron chi connectivity index (χ1n) is 12.6. The minimum Gasteiger partial charge on any atom is -0.459 e. The second kappa shape index (κ2) is 9.91. The zero-order valence-corrected chi connectivity index (χ0v) is 20.7. The molecule has 1 amide bonds. The lowest BCUT2D eigenvalue weighted by Gasteiger charge is -2.38. The second-order valence-electron chi connectivity index (χ2n) is 9.71. The van der Waals surface area contributed by atoms with Crippen molar-refractivity contribution in [3.05, 3.63) is 75.7 Å². The lowest BCUT2D eigenvalue weighted by atomic mass is 10.0. The highest BCUT2D eigenvalue weighted by atomic mass is 16.5. The van der Waals surface area contributed by atoms with Crippen LogP contribution in [-0.2, 0) is 11.3 Å². The van der Waals surface area contributed by atoms with Crippen LogP contribution in [0.3, 0.4) is 0 Å². The van der Waals surface area contributed by atoms with E-state index < -0.39 is 6.04 Å². The van der Waals surface area contributed by atoms with Crippen molar-refractivity contribution in [3.63, 3.8) is 0 Å². The molecule has 2 aliphatic heterocycles. The molecule has 0 unspecified atom stereocenters. The largest absolute Gasteiger partial charge is 0.459 e. The van der Waals surface area contributed by atoms with Gasteiger partial charge in [-0.05, 0) is 65.9 Å². The number of amides is 1. The van der Waals surface area contributed by atoms with Gasteiger partial charge in [0.25, 0.3) is 11.5 Å². The molecule has 11 heteroatoms. The molecule has 1 N–H and O–H groups in total. The third kappa shape index (κ3) is 4.67. The van der Waals surface area contributed by atoms with E-state index in [9.17, 15) is 9.59 Å². The molecule has 2 fully saturated rings. The number of H-pyrrole nitrogens is 1. The maximum Gasteiger partial charge on any atom is 0.289 e. The summed E-state index contributed by atoms with van der Waals surface area (Å²) in [5, 5.41) is 13.6. The Bertz CT molecular complexity index is 1450. The topological polar surface area (TPSA) is 122 Å². The van der Waals surface area contributed by atoms with Gasteiger partial charge in [-0.15, -0.1) is 5.10 Å². The van der Waals surface area contributed by atoms with Crippen molar-refractivity contribution in [2.24, 2.45) is 0 Å². The van der Waals surface area contributed by atoms with Crippen molar-refractivity contribution < 1.29 is 13.9 Å². The van der Waals surface area contributed by atoms with E-state index in [4.69, 9.17) is 9.15 Å². The minimum absolute atomic E-state index is 0.0446. The Labute approximate surface area is 213 Å². The summed E-state index contributed by atoms with van der Waals surface area (Å²) in [6.45, 7) is 5.38. The molecule has 0 radical (unpaired) electrons. The van der Waals surface area contributed by atoms with Gasteiger partial charge in [-0.25, -0.2) is 4.68 Å². The van der Waals surface area contributed by atoms with Gasteiger partial charge >= 0.3 is 0 Å². The fraction of sp³-hybridized carbons (Fsp3) is 0.423. The first kappa shape index (κ1) is 23.6. The zero-order valence-electron chi connectivity index (χ0n) is 20.7. The lowest BCUT2D eigenvalue weighted by Crippen LogP contribution is -2.50. The van der Waals surface area contributed by atoms with Crippen LogP contribution in [0.15, 0.2) is 51.9 Å². The molecule has 0 aliphatic carbocycles. The van der Waals surface area contributed by atoms with Crippen LogP contribution in [0, 0.1) is 6.92 Å². The smallest absolute Gasteiger partial charge is 0.289 e. The average Bonchev–Trinajstić information content (AvgIpc) is 3.69. The standard InChI is InChI=1S/C26H29N7O4/c1-17-6-7-21-18(14-17)15-20(25(34)27-21)23(24-28-29-30-33(24)16-19-4-2-12-36-19)31-8-10-32(11-9-31)26(35)22-5-3-13-37-22/h3,5-7,13-15,19,23H,2,4,8-12,16H2,1H3,(H,27,34)/t19-,23+/m1/s1. The maximum atomic E-state index is 13.4. The van der Waals surface area contributed by atoms with Crippen LogP contribution >= 0.6 is 0 Å². The Morgan fingerprint density at radius 1 is 1.19 bits per heavy atom. The van der Waals surface area contributed by atoms with Gasteiger partial charge in [-0.1, -0.05) is 11.6 Å². The van der Waals surface area contributed by atoms with Crippen LogP contribution in [0.5, 0.6) is 0 Å². The molecule has 6 rings (SSSR count). The number of benzene rings is 1. The van der Waals surface area contributed by atoms with E-state index in [2.05, 4.69) is 31.5 Å². The molecule has 3 aromatic heterocycles. The number of rotatable bonds is 6. The molecule has 1 aromatic carbocycles. The fourth-order valence-corrected chi connectivity index (χ4v) is 5.30. The van der Waals surface area contributed by atoms with Crippen LogP contribution in [0.1, 0.15) is 46.4 Å². The van der Waals surface area contributed by atoms with E-state index in [-0.39, 0.29) is 17.6 Å². The first-order valence-corrected chi connectivity index (χ1v) is 12.6. The molecule has 0 spiro atoms. The van der Waals surface area contributed by atoms with Crippen LogP contribution in [0.25, 0.3) is 10.9 Å². The monoisotopic (exact) mass is 503 g/mol. The number of hydrogen-bond donors (Lipinski definition) is 1. The Morgan fingerprint density at radius 3 is 2.81 bits per heavy atom. The number of nitrogens with one attached hydrogen (secondary N) is 1. The predicted molar refractivity (Wildman–Crippen MR) is 134 cm³/mol. The summed E-state index contributed by atoms with van der Waals surface area (Å²) in [4.78, 5) is 33.2. The average molecular weight is 504 g/mol. The number of carbonyl (C=O) groups is 1. The molecule has 37 heavy (non-hydrogen) atoms. The van der Waals surface area contributed by atoms with Crippen LogP contribution in [0.4, 0.5) is 0 Å². The molecule has 2 atom stereocenters. The number of aromatic nitrogens is 5. The van der Waals surface area contributed by atoms with E-state index in [1.807, 2.05) is 25.1 Å². The summed E-state index contributed by atoms with van der Waals surface area (Å²) in [6, 6.07) is 10.8. The molecular weight excluding hydrogens is 474 g/mol. The molecule has 2 saturated heterocycles. The van der Waals surface area contributed by atoms with Crippen LogP contribution in [-0.4, -0.2) is 79.8 Å². The SMILES string of the molecule is Cc1ccc2[nH]c(=O)c([C@@H](c3nnnn3C[C@H]3CCCO3)N3CCN(C(=O)c4ccco4)CC3)cc2c1. The molecule has 2 aliphatic rings. The van der Waals surface area contributed by atoms with Gasteiger partial charge in [0.1, 0.15) is 6.04 Å². The van der Waals surface area contributed by atoms with E-state index in [0.29, 0.717) is 49.9 Å². The third-order valence-electron chi connectivity index (χ3n) is 7.23. The van der Waals surface area contributed by atoms with Gasteiger partial charge in [0, 0.05) is 43.9 Å². The zero-order chi connectivity index (χ0) is 25.4. The minimum atomic E-state index is -0.481. The highest BCUT2D eigenvalue weighted by Gasteiger charge is 2.34. The Balaban J connectivity index is 1.35. The van der Waals surface area contributed by atoms with Crippen LogP contribution in [0.2, 0.25) is 0 Å². The number of aryl methyl sites for hydroxylation is 1. The van der Waals surface area contributed by atoms with Crippen molar-refractivity contribution in [2.45, 2.75) is 38.5 Å². The number of carbonyl (C=O) groups excluding carboxylic acids is 1. The van der Waals surface area contributed by atoms with E-state index in [0.717, 1.165) is 35.9 Å². The summed E-state index contributed by atoms with van der Waals surface area (Å²) >= 11 is 0. The van der Waals surface area contributed by atoms with Gasteiger partial charge in [0.2, 0.25) is 0 Å². The summed E-state index contributed by atoms with van der Waals surface area (Å²) in [6.07, 6.45) is 3.51. The van der Waals surface area contributed by atoms with Crippen molar-refractivity contribution in [1.82, 2.24) is 35.0 Å². The summed E-state index contributed by atoms with van der Waals surface area (Å²) in [5.41, 5.74) is 2.29. The summed E-state index contributed by atoms with van der Waals surface area (Å²) in [7, 11) is 0. The number of furan rings is 1. The van der Waals surface area contributed by atoms with Gasteiger partial charge in [-0.2, -0.15) is 0 Å². The number of tetrazole rings is 1. The van der Waals surface area contributed by atoms with E-state index in [1.165, 1.54) is 6.26 Å². The second-order valence-corrected chi connectivity index (χ2v) is 9.71. The first-order chi connectivity index (χ1) is 18.1. The van der Waals surface area contributed by atoms with Crippen molar-refractivity contribution >= 4 is 16.8 Å². The lowest BCUT2D eigenvalue weighted by molar-refractivity contribution is 0.0550. The van der Waals surface area contributed by atoms with Gasteiger partial charge in [0.15, 0.2) is 11.6 Å². The normalized spacial score (nSPS) is 19.5. The third-order valence-corrected chi connectivity index (χ3v) is 7.23. The highest BCUT2D eigenvalue weighted by Crippen LogP contribution is 2.29.